The lowest BCUT2D eigenvalue weighted by molar-refractivity contribution is 0.687. The Kier molecular flexibility index (Phi) is 6.32. The minimum absolute atomic E-state index is 0.439. The van der Waals surface area contributed by atoms with Crippen molar-refractivity contribution < 1.29 is 0 Å². The predicted octanol–water partition coefficient (Wildman–Crippen LogP) is 5.29. The van der Waals surface area contributed by atoms with Crippen molar-refractivity contribution in [2.45, 2.75) is 13.1 Å². The van der Waals surface area contributed by atoms with Gasteiger partial charge in [-0.2, -0.15) is 10.2 Å². The van der Waals surface area contributed by atoms with Crippen molar-refractivity contribution in [3.05, 3.63) is 94.4 Å². The van der Waals surface area contributed by atoms with E-state index in [1.807, 2.05) is 76.4 Å². The first-order chi connectivity index (χ1) is 14.5. The van der Waals surface area contributed by atoms with Gasteiger partial charge in [-0.05, 0) is 47.6 Å². The van der Waals surface area contributed by atoms with E-state index in [1.165, 1.54) is 0 Å². The number of nitrogens with one attached hydrogen (secondary N) is 2. The van der Waals surface area contributed by atoms with Crippen LogP contribution < -0.4 is 10.6 Å². The van der Waals surface area contributed by atoms with E-state index in [9.17, 15) is 0 Å². The summed E-state index contributed by atoms with van der Waals surface area (Å²) in [6.07, 6.45) is 5.49. The fourth-order valence-corrected chi connectivity index (χ4v) is 3.47. The summed E-state index contributed by atoms with van der Waals surface area (Å²) in [7, 11) is 0. The van der Waals surface area contributed by atoms with Crippen LogP contribution in [0, 0.1) is 0 Å². The first-order valence-corrected chi connectivity index (χ1v) is 10.3. The van der Waals surface area contributed by atoms with Crippen molar-refractivity contribution in [3.63, 3.8) is 0 Å². The summed E-state index contributed by atoms with van der Waals surface area (Å²) in [4.78, 5) is 0. The van der Waals surface area contributed by atoms with Crippen LogP contribution in [-0.4, -0.2) is 24.7 Å². The number of rotatable bonds is 6. The van der Waals surface area contributed by atoms with Gasteiger partial charge in [-0.15, -0.1) is 0 Å². The smallest absolute Gasteiger partial charge is 0.176 e. The summed E-state index contributed by atoms with van der Waals surface area (Å²) >= 11 is 17.3. The van der Waals surface area contributed by atoms with Gasteiger partial charge in [0.2, 0.25) is 0 Å². The summed E-state index contributed by atoms with van der Waals surface area (Å²) in [5, 5.41) is 16.9. The van der Waals surface area contributed by atoms with Gasteiger partial charge in [0.25, 0.3) is 0 Å². The van der Waals surface area contributed by atoms with Crippen molar-refractivity contribution >= 4 is 52.0 Å². The van der Waals surface area contributed by atoms with E-state index in [0.29, 0.717) is 34.1 Å². The maximum Gasteiger partial charge on any atom is 0.176 e. The second kappa shape index (κ2) is 9.30. The maximum atomic E-state index is 6.04. The lowest BCUT2D eigenvalue weighted by Crippen LogP contribution is -2.19. The molecule has 0 aliphatic rings. The monoisotopic (exact) mass is 456 g/mol. The van der Waals surface area contributed by atoms with Crippen molar-refractivity contribution in [3.8, 4) is 0 Å². The number of hydrogen-bond donors (Lipinski definition) is 2. The zero-order chi connectivity index (χ0) is 20.9. The zero-order valence-corrected chi connectivity index (χ0v) is 18.1. The molecule has 0 radical (unpaired) electrons. The van der Waals surface area contributed by atoms with Gasteiger partial charge in [0.05, 0.1) is 25.0 Å². The van der Waals surface area contributed by atoms with Crippen LogP contribution in [-0.2, 0) is 13.1 Å². The fraction of sp³-hybridized carbons (Fsp3) is 0.0952. The molecule has 2 heterocycles. The van der Waals surface area contributed by atoms with Gasteiger partial charge in [0, 0.05) is 28.5 Å². The number of halogens is 2. The van der Waals surface area contributed by atoms with Gasteiger partial charge in [0.15, 0.2) is 10.9 Å². The second-order valence-electron chi connectivity index (χ2n) is 6.66. The summed E-state index contributed by atoms with van der Waals surface area (Å²) < 4.78 is 3.65. The van der Waals surface area contributed by atoms with Gasteiger partial charge in [-0.25, -0.2) is 0 Å². The largest absolute Gasteiger partial charge is 0.330 e. The molecule has 0 spiro atoms. The predicted molar refractivity (Wildman–Crippen MR) is 125 cm³/mol. The van der Waals surface area contributed by atoms with Crippen LogP contribution in [0.25, 0.3) is 0 Å². The number of nitrogens with zero attached hydrogens (tertiary/aromatic N) is 4. The molecule has 2 N–H and O–H groups in total. The SMILES string of the molecule is S=C(Nc1cnn(Cc2cccc(Cl)c2)c1)Nc1ccn(Cc2ccc(Cl)cc2)n1. The lowest BCUT2D eigenvalue weighted by Gasteiger charge is -2.06. The molecule has 6 nitrogen and oxygen atoms in total. The average Bonchev–Trinajstić information content (AvgIpc) is 3.33. The molecule has 0 aliphatic carbocycles. The Morgan fingerprint density at radius 1 is 0.900 bits per heavy atom. The molecular formula is C21H18Cl2N6S. The van der Waals surface area contributed by atoms with E-state index in [-0.39, 0.29) is 0 Å². The maximum absolute atomic E-state index is 6.04. The van der Waals surface area contributed by atoms with Gasteiger partial charge in [0.1, 0.15) is 0 Å². The molecule has 0 saturated carbocycles. The summed E-state index contributed by atoms with van der Waals surface area (Å²) in [6, 6.07) is 17.3. The van der Waals surface area contributed by atoms with E-state index in [0.717, 1.165) is 16.8 Å². The van der Waals surface area contributed by atoms with Crippen molar-refractivity contribution in [2.75, 3.05) is 10.6 Å². The third-order valence-corrected chi connectivity index (χ3v) is 4.96. The van der Waals surface area contributed by atoms with Crippen LogP contribution in [0.3, 0.4) is 0 Å². The number of thiocarbonyl (C=S) groups is 1. The molecule has 152 valence electrons. The van der Waals surface area contributed by atoms with Crippen molar-refractivity contribution in [1.82, 2.24) is 19.6 Å². The topological polar surface area (TPSA) is 59.7 Å². The van der Waals surface area contributed by atoms with Crippen LogP contribution in [0.5, 0.6) is 0 Å². The van der Waals surface area contributed by atoms with Gasteiger partial charge < -0.3 is 10.6 Å². The molecule has 30 heavy (non-hydrogen) atoms. The third-order valence-electron chi connectivity index (χ3n) is 4.26. The van der Waals surface area contributed by atoms with E-state index in [4.69, 9.17) is 35.4 Å². The highest BCUT2D eigenvalue weighted by Gasteiger charge is 2.06. The van der Waals surface area contributed by atoms with Gasteiger partial charge in [-0.1, -0.05) is 47.5 Å². The Hall–Kier alpha value is -2.87. The molecule has 0 atom stereocenters. The standard InChI is InChI=1S/C21H18Cl2N6S/c22-17-6-4-15(5-7-17)12-28-9-8-20(27-28)26-21(30)25-19-11-24-29(14-19)13-16-2-1-3-18(23)10-16/h1-11,14H,12-13H2,(H2,25,26,27,30). The number of anilines is 2. The molecular weight excluding hydrogens is 439 g/mol. The Morgan fingerprint density at radius 2 is 1.70 bits per heavy atom. The molecule has 0 unspecified atom stereocenters. The first kappa shape index (κ1) is 20.4. The highest BCUT2D eigenvalue weighted by molar-refractivity contribution is 7.80. The normalized spacial score (nSPS) is 10.7. The number of aromatic nitrogens is 4. The van der Waals surface area contributed by atoms with E-state index in [2.05, 4.69) is 20.8 Å². The molecule has 4 rings (SSSR count). The molecule has 0 amide bonds. The molecule has 0 fully saturated rings. The Labute approximate surface area is 189 Å². The number of hydrogen-bond acceptors (Lipinski definition) is 3. The summed E-state index contributed by atoms with van der Waals surface area (Å²) in [5.74, 6) is 0.660. The summed E-state index contributed by atoms with van der Waals surface area (Å²) in [5.41, 5.74) is 2.97. The second-order valence-corrected chi connectivity index (χ2v) is 7.94. The van der Waals surface area contributed by atoms with E-state index in [1.54, 1.807) is 6.20 Å². The quantitative estimate of drug-likeness (QED) is 0.385. The molecule has 2 aromatic carbocycles. The van der Waals surface area contributed by atoms with E-state index >= 15 is 0 Å². The minimum atomic E-state index is 0.439. The molecule has 0 saturated heterocycles. The van der Waals surface area contributed by atoms with Crippen molar-refractivity contribution in [2.24, 2.45) is 0 Å². The molecule has 0 aliphatic heterocycles. The van der Waals surface area contributed by atoms with Crippen molar-refractivity contribution in [1.29, 1.82) is 0 Å². The highest BCUT2D eigenvalue weighted by atomic mass is 35.5. The Balaban J connectivity index is 1.31. The third kappa shape index (κ3) is 5.60. The van der Waals surface area contributed by atoms with Crippen LogP contribution in [0.4, 0.5) is 11.5 Å². The minimum Gasteiger partial charge on any atom is -0.330 e. The van der Waals surface area contributed by atoms with E-state index < -0.39 is 0 Å². The zero-order valence-electron chi connectivity index (χ0n) is 15.8. The van der Waals surface area contributed by atoms with Gasteiger partial charge >= 0.3 is 0 Å². The molecule has 0 bridgehead atoms. The fourth-order valence-electron chi connectivity index (χ4n) is 2.91. The first-order valence-electron chi connectivity index (χ1n) is 9.16. The molecule has 4 aromatic rings. The molecule has 9 heteroatoms. The lowest BCUT2D eigenvalue weighted by atomic mass is 10.2. The Morgan fingerprint density at radius 3 is 2.50 bits per heavy atom. The molecule has 2 aromatic heterocycles. The Bertz CT molecular complexity index is 1150. The number of benzene rings is 2. The van der Waals surface area contributed by atoms with Crippen LogP contribution in [0.15, 0.2) is 73.2 Å². The highest BCUT2D eigenvalue weighted by Crippen LogP contribution is 2.14. The summed E-state index contributed by atoms with van der Waals surface area (Å²) in [6.45, 7) is 1.27. The van der Waals surface area contributed by atoms with Gasteiger partial charge in [-0.3, -0.25) is 9.36 Å². The average molecular weight is 457 g/mol. The van der Waals surface area contributed by atoms with Crippen LogP contribution in [0.2, 0.25) is 10.0 Å². The van der Waals surface area contributed by atoms with Crippen LogP contribution in [0.1, 0.15) is 11.1 Å². The van der Waals surface area contributed by atoms with Crippen LogP contribution >= 0.6 is 35.4 Å².